The van der Waals surface area contributed by atoms with Gasteiger partial charge in [-0.3, -0.25) is 4.79 Å². The van der Waals surface area contributed by atoms with Gasteiger partial charge in [-0.05, 0) is 0 Å². The third-order valence-electron chi connectivity index (χ3n) is 0.296. The monoisotopic (exact) mass is 216 g/mol. The van der Waals surface area contributed by atoms with Crippen LogP contribution in [0.15, 0.2) is 0 Å². The zero-order valence-electron chi connectivity index (χ0n) is 7.24. The molecule has 7 heteroatoms. The molecule has 1 N–H and O–H groups in total. The number of aliphatic carboxylic acids is 1. The molecule has 4 nitrogen and oxygen atoms in total. The number of hydrogen-bond acceptors (Lipinski definition) is 3. The highest BCUT2D eigenvalue weighted by Crippen LogP contribution is 1.87. The number of carbonyl (C=O) groups is 1. The summed E-state index contributed by atoms with van der Waals surface area (Å²) in [5.74, 6) is -3.14. The van der Waals surface area contributed by atoms with Crippen molar-refractivity contribution in [1.82, 2.24) is 0 Å². The van der Waals surface area contributed by atoms with Crippen molar-refractivity contribution in [2.45, 2.75) is 19.6 Å². The third kappa shape index (κ3) is 33.7. The molecule has 0 aliphatic rings. The minimum atomic E-state index is -4.82. The molecule has 0 aliphatic heterocycles. The number of hydrogen-bond donors (Lipinski definition) is 1. The summed E-state index contributed by atoms with van der Waals surface area (Å²) in [7, 11) is -4.96. The van der Waals surface area contributed by atoms with E-state index in [2.05, 4.69) is 19.6 Å². The van der Waals surface area contributed by atoms with Crippen LogP contribution in [-0.4, -0.2) is 34.0 Å². The Morgan fingerprint density at radius 2 is 1.67 bits per heavy atom. The highest BCUT2D eigenvalue weighted by molar-refractivity contribution is 7.87. The Balaban J connectivity index is 0. The molecule has 0 radical (unpaired) electrons. The van der Waals surface area contributed by atoms with E-state index in [1.54, 1.807) is 0 Å². The van der Waals surface area contributed by atoms with Gasteiger partial charge in [-0.2, -0.15) is 8.42 Å². The molecule has 0 rings (SSSR count). The van der Waals surface area contributed by atoms with Gasteiger partial charge >= 0.3 is 16.2 Å². The highest BCUT2D eigenvalue weighted by Gasteiger charge is 2.11. The fraction of sp³-hybridized carbons (Fsp3) is 0.800. The zero-order valence-corrected chi connectivity index (χ0v) is 9.21. The standard InChI is InChI=1S/C3H10Si.C2H3FO4S/c1-4(2)3;3-8(6,7)1-2(4)5/h4H,1-3H3;1H2,(H,4,5). The summed E-state index contributed by atoms with van der Waals surface area (Å²) < 4.78 is 30.0. The first-order chi connectivity index (χ1) is 5.15. The molecule has 12 heavy (non-hydrogen) atoms. The second kappa shape index (κ2) is 6.12. The van der Waals surface area contributed by atoms with Crippen LogP contribution in [0.3, 0.4) is 0 Å². The second-order valence-electron chi connectivity index (χ2n) is 2.81. The van der Waals surface area contributed by atoms with E-state index in [0.29, 0.717) is 0 Å². The van der Waals surface area contributed by atoms with Crippen molar-refractivity contribution in [3.05, 3.63) is 0 Å². The van der Waals surface area contributed by atoms with Crippen LogP contribution in [0.4, 0.5) is 3.89 Å². The topological polar surface area (TPSA) is 71.4 Å². The van der Waals surface area contributed by atoms with Crippen LogP contribution >= 0.6 is 0 Å². The maximum absolute atomic E-state index is 11.2. The fourth-order valence-electron chi connectivity index (χ4n) is 0.147. The summed E-state index contributed by atoms with van der Waals surface area (Å²) in [5.41, 5.74) is 0. The van der Waals surface area contributed by atoms with Crippen LogP contribution in [0.25, 0.3) is 0 Å². The molecule has 0 unspecified atom stereocenters. The summed E-state index contributed by atoms with van der Waals surface area (Å²) in [6.45, 7) is 6.92. The lowest BCUT2D eigenvalue weighted by Gasteiger charge is -1.82. The molecule has 0 aliphatic carbocycles. The van der Waals surface area contributed by atoms with Crippen LogP contribution in [-0.2, 0) is 15.0 Å². The number of rotatable bonds is 2. The number of carboxylic acid groups (broad SMARTS) is 1. The van der Waals surface area contributed by atoms with Crippen LogP contribution in [0.5, 0.6) is 0 Å². The lowest BCUT2D eigenvalue weighted by Crippen LogP contribution is -2.09. The zero-order chi connectivity index (χ0) is 10.4. The summed E-state index contributed by atoms with van der Waals surface area (Å²) in [6, 6.07) is 0. The van der Waals surface area contributed by atoms with Crippen LogP contribution < -0.4 is 0 Å². The first-order valence-corrected chi connectivity index (χ1v) is 8.31. The van der Waals surface area contributed by atoms with Gasteiger partial charge in [0.2, 0.25) is 0 Å². The molecular weight excluding hydrogens is 203 g/mol. The van der Waals surface area contributed by atoms with Gasteiger partial charge in [0.1, 0.15) is 0 Å². The van der Waals surface area contributed by atoms with Gasteiger partial charge in [0.05, 0.1) is 0 Å². The van der Waals surface area contributed by atoms with Gasteiger partial charge in [-0.15, -0.1) is 3.89 Å². The van der Waals surface area contributed by atoms with Gasteiger partial charge in [-0.1, -0.05) is 19.6 Å². The predicted octanol–water partition coefficient (Wildman–Crippen LogP) is 0.473. The van der Waals surface area contributed by atoms with E-state index in [9.17, 15) is 17.1 Å². The normalized spacial score (nSPS) is 10.4. The summed E-state index contributed by atoms with van der Waals surface area (Å²) >= 11 is 0. The van der Waals surface area contributed by atoms with Crippen molar-refractivity contribution in [2.75, 3.05) is 5.75 Å². The average Bonchev–Trinajstić information content (AvgIpc) is 1.52. The van der Waals surface area contributed by atoms with E-state index in [0.717, 1.165) is 0 Å². The maximum atomic E-state index is 11.2. The minimum Gasteiger partial charge on any atom is -0.480 e. The van der Waals surface area contributed by atoms with Crippen LogP contribution in [0.1, 0.15) is 0 Å². The largest absolute Gasteiger partial charge is 0.480 e. The molecule has 0 amide bonds. The lowest BCUT2D eigenvalue weighted by molar-refractivity contribution is -0.134. The SMILES string of the molecule is C[SiH](C)C.O=C(O)CS(=O)(=O)F. The highest BCUT2D eigenvalue weighted by atomic mass is 32.3. The Morgan fingerprint density at radius 1 is 1.42 bits per heavy atom. The average molecular weight is 216 g/mol. The smallest absolute Gasteiger partial charge is 0.321 e. The Kier molecular flexibility index (Phi) is 7.20. The Hall–Kier alpha value is -0.433. The Morgan fingerprint density at radius 3 is 1.67 bits per heavy atom. The molecule has 0 aromatic carbocycles. The van der Waals surface area contributed by atoms with Crippen molar-refractivity contribution in [3.8, 4) is 0 Å². The molecule has 0 heterocycles. The first-order valence-electron chi connectivity index (χ1n) is 3.29. The predicted molar refractivity (Wildman–Crippen MR) is 47.3 cm³/mol. The molecule has 0 aromatic rings. The van der Waals surface area contributed by atoms with Gasteiger partial charge in [0.25, 0.3) is 0 Å². The molecule has 0 saturated carbocycles. The van der Waals surface area contributed by atoms with Gasteiger partial charge < -0.3 is 5.11 Å². The quantitative estimate of drug-likeness (QED) is 0.538. The van der Waals surface area contributed by atoms with E-state index >= 15 is 0 Å². The number of halogens is 1. The Labute approximate surface area is 73.2 Å². The van der Waals surface area contributed by atoms with Crippen molar-refractivity contribution in [3.63, 3.8) is 0 Å². The van der Waals surface area contributed by atoms with Crippen LogP contribution in [0.2, 0.25) is 19.6 Å². The summed E-state index contributed by atoms with van der Waals surface area (Å²) in [5, 5.41) is 7.63. The Bertz CT molecular complexity index is 221. The molecule has 74 valence electrons. The van der Waals surface area contributed by atoms with Gasteiger partial charge in [-0.25, -0.2) is 0 Å². The van der Waals surface area contributed by atoms with Gasteiger partial charge in [0.15, 0.2) is 5.75 Å². The summed E-state index contributed by atoms with van der Waals surface area (Å²) in [4.78, 5) is 9.40. The molecule has 0 bridgehead atoms. The van der Waals surface area contributed by atoms with Crippen molar-refractivity contribution in [1.29, 1.82) is 0 Å². The molecule has 0 aromatic heterocycles. The maximum Gasteiger partial charge on any atom is 0.321 e. The molecular formula is C5H13FO4SSi. The molecule has 0 atom stereocenters. The molecule has 0 fully saturated rings. The van der Waals surface area contributed by atoms with E-state index < -0.39 is 21.9 Å². The van der Waals surface area contributed by atoms with Crippen molar-refractivity contribution < 1.29 is 22.2 Å². The van der Waals surface area contributed by atoms with E-state index in [-0.39, 0.29) is 8.80 Å². The first kappa shape index (κ1) is 14.1. The van der Waals surface area contributed by atoms with E-state index in [4.69, 9.17) is 5.11 Å². The fourth-order valence-corrected chi connectivity index (χ4v) is 0.442. The van der Waals surface area contributed by atoms with Crippen molar-refractivity contribution in [2.24, 2.45) is 0 Å². The third-order valence-corrected chi connectivity index (χ3v) is 0.888. The van der Waals surface area contributed by atoms with Crippen molar-refractivity contribution >= 4 is 25.0 Å². The van der Waals surface area contributed by atoms with E-state index in [1.165, 1.54) is 0 Å². The minimum absolute atomic E-state index is 0.139. The molecule has 0 saturated heterocycles. The summed E-state index contributed by atoms with van der Waals surface area (Å²) in [6.07, 6.45) is 0. The van der Waals surface area contributed by atoms with Crippen LogP contribution in [0, 0.1) is 0 Å². The van der Waals surface area contributed by atoms with Gasteiger partial charge in [0, 0.05) is 8.80 Å². The molecule has 0 spiro atoms. The number of carboxylic acids is 1. The second-order valence-corrected chi connectivity index (χ2v) is 7.64. The lowest BCUT2D eigenvalue weighted by atomic mass is 10.8. The van der Waals surface area contributed by atoms with E-state index in [1.807, 2.05) is 0 Å².